The van der Waals surface area contributed by atoms with Crippen LogP contribution in [0.25, 0.3) is 0 Å². The molecule has 0 saturated carbocycles. The van der Waals surface area contributed by atoms with Crippen LogP contribution in [-0.4, -0.2) is 84.9 Å². The summed E-state index contributed by atoms with van der Waals surface area (Å²) in [6.07, 6.45) is 1.00. The van der Waals surface area contributed by atoms with Crippen molar-refractivity contribution in [2.45, 2.75) is 6.42 Å². The van der Waals surface area contributed by atoms with Crippen LogP contribution >= 0.6 is 0 Å². The second-order valence-corrected chi connectivity index (χ2v) is 4.19. The van der Waals surface area contributed by atoms with E-state index in [0.717, 1.165) is 39.2 Å². The second-order valence-electron chi connectivity index (χ2n) is 4.19. The molecule has 0 amide bonds. The van der Waals surface area contributed by atoms with Gasteiger partial charge in [-0.15, -0.1) is 0 Å². The molecule has 0 radical (unpaired) electrons. The third-order valence-electron chi connectivity index (χ3n) is 2.65. The molecule has 0 aromatic carbocycles. The normalized spacial score (nSPS) is 11.4. The number of ether oxygens (including phenoxy) is 4. The average Bonchev–Trinajstić information content (AvgIpc) is 2.43. The predicted octanol–water partition coefficient (Wildman–Crippen LogP) is -0.0368. The zero-order valence-electron chi connectivity index (χ0n) is 12.4. The number of hydrogen-bond acceptors (Lipinski definition) is 6. The summed E-state index contributed by atoms with van der Waals surface area (Å²) in [6.45, 7) is 7.48. The lowest BCUT2D eigenvalue weighted by Gasteiger charge is -2.21. The van der Waals surface area contributed by atoms with Crippen molar-refractivity contribution >= 4 is 0 Å². The maximum Gasteiger partial charge on any atom is 0.0701 e. The monoisotopic (exact) mass is 278 g/mol. The van der Waals surface area contributed by atoms with Crippen LogP contribution in [0, 0.1) is 0 Å². The molecule has 0 aliphatic carbocycles. The van der Waals surface area contributed by atoms with Crippen LogP contribution in [0.5, 0.6) is 0 Å². The summed E-state index contributed by atoms with van der Waals surface area (Å²) in [7, 11) is 3.38. The number of nitrogens with two attached hydrogens (primary N) is 1. The van der Waals surface area contributed by atoms with Crippen LogP contribution in [0.4, 0.5) is 0 Å². The van der Waals surface area contributed by atoms with Crippen LogP contribution in [0.15, 0.2) is 0 Å². The Morgan fingerprint density at radius 2 is 1.32 bits per heavy atom. The first-order chi connectivity index (χ1) is 9.35. The highest BCUT2D eigenvalue weighted by Crippen LogP contribution is 1.92. The lowest BCUT2D eigenvalue weighted by atomic mass is 10.3. The fraction of sp³-hybridized carbons (Fsp3) is 1.00. The molecular formula is C13H30N2O4. The van der Waals surface area contributed by atoms with E-state index >= 15 is 0 Å². The highest BCUT2D eigenvalue weighted by atomic mass is 16.5. The Morgan fingerprint density at radius 3 is 1.95 bits per heavy atom. The molecule has 116 valence electrons. The van der Waals surface area contributed by atoms with Gasteiger partial charge in [-0.25, -0.2) is 0 Å². The molecule has 0 heterocycles. The molecule has 0 atom stereocenters. The van der Waals surface area contributed by atoms with Gasteiger partial charge in [-0.1, -0.05) is 0 Å². The van der Waals surface area contributed by atoms with Gasteiger partial charge in [0.25, 0.3) is 0 Å². The van der Waals surface area contributed by atoms with Crippen LogP contribution in [0.2, 0.25) is 0 Å². The summed E-state index contributed by atoms with van der Waals surface area (Å²) in [5.41, 5.74) is 5.52. The first kappa shape index (κ1) is 18.8. The number of nitrogens with zero attached hydrogens (tertiary/aromatic N) is 1. The Bertz CT molecular complexity index is 165. The lowest BCUT2D eigenvalue weighted by molar-refractivity contribution is 0.0180. The van der Waals surface area contributed by atoms with E-state index in [-0.39, 0.29) is 0 Å². The van der Waals surface area contributed by atoms with Crippen molar-refractivity contribution in [3.05, 3.63) is 0 Å². The molecule has 0 aromatic heterocycles. The van der Waals surface area contributed by atoms with E-state index in [4.69, 9.17) is 24.7 Å². The fourth-order valence-corrected chi connectivity index (χ4v) is 1.53. The molecule has 0 rings (SSSR count). The van der Waals surface area contributed by atoms with Crippen LogP contribution in [-0.2, 0) is 18.9 Å². The van der Waals surface area contributed by atoms with Gasteiger partial charge in [-0.05, 0) is 19.5 Å². The maximum absolute atomic E-state index is 5.52. The first-order valence-corrected chi connectivity index (χ1v) is 6.91. The number of methoxy groups -OCH3 is 2. The predicted molar refractivity (Wildman–Crippen MR) is 75.5 cm³/mol. The van der Waals surface area contributed by atoms with Crippen molar-refractivity contribution in [1.29, 1.82) is 0 Å². The van der Waals surface area contributed by atoms with Gasteiger partial charge in [-0.2, -0.15) is 0 Å². The molecule has 0 fully saturated rings. The van der Waals surface area contributed by atoms with E-state index in [9.17, 15) is 0 Å². The van der Waals surface area contributed by atoms with Gasteiger partial charge in [0.1, 0.15) is 0 Å². The van der Waals surface area contributed by atoms with Crippen molar-refractivity contribution in [2.75, 3.05) is 80.0 Å². The molecule has 6 nitrogen and oxygen atoms in total. The summed E-state index contributed by atoms with van der Waals surface area (Å²) < 4.78 is 20.8. The minimum Gasteiger partial charge on any atom is -0.383 e. The highest BCUT2D eigenvalue weighted by Gasteiger charge is 2.03. The first-order valence-electron chi connectivity index (χ1n) is 6.91. The summed E-state index contributed by atoms with van der Waals surface area (Å²) in [5.74, 6) is 0. The average molecular weight is 278 g/mol. The van der Waals surface area contributed by atoms with Gasteiger partial charge in [0, 0.05) is 27.3 Å². The van der Waals surface area contributed by atoms with Crippen molar-refractivity contribution in [1.82, 2.24) is 4.90 Å². The van der Waals surface area contributed by atoms with Gasteiger partial charge in [-0.3, -0.25) is 4.90 Å². The van der Waals surface area contributed by atoms with E-state index in [1.807, 2.05) is 0 Å². The van der Waals surface area contributed by atoms with Crippen molar-refractivity contribution in [3.63, 3.8) is 0 Å². The molecule has 0 aromatic rings. The molecule has 0 unspecified atom stereocenters. The topological polar surface area (TPSA) is 66.2 Å². The third-order valence-corrected chi connectivity index (χ3v) is 2.65. The quantitative estimate of drug-likeness (QED) is 0.424. The number of hydrogen-bond donors (Lipinski definition) is 1. The zero-order valence-corrected chi connectivity index (χ0v) is 12.4. The lowest BCUT2D eigenvalue weighted by Crippen LogP contribution is -2.33. The summed E-state index contributed by atoms with van der Waals surface area (Å²) in [5, 5.41) is 0. The Labute approximate surface area is 117 Å². The molecule has 6 heteroatoms. The van der Waals surface area contributed by atoms with Crippen LogP contribution in [0.1, 0.15) is 6.42 Å². The van der Waals surface area contributed by atoms with E-state index < -0.39 is 0 Å². The van der Waals surface area contributed by atoms with Crippen molar-refractivity contribution < 1.29 is 18.9 Å². The SMILES string of the molecule is COCCOCCOCCN(CCCN)CCOC. The summed E-state index contributed by atoms with van der Waals surface area (Å²) in [4.78, 5) is 2.31. The second kappa shape index (κ2) is 15.8. The molecular weight excluding hydrogens is 248 g/mol. The van der Waals surface area contributed by atoms with Crippen molar-refractivity contribution in [3.8, 4) is 0 Å². The van der Waals surface area contributed by atoms with Crippen LogP contribution < -0.4 is 5.73 Å². The van der Waals surface area contributed by atoms with E-state index in [0.29, 0.717) is 33.0 Å². The molecule has 2 N–H and O–H groups in total. The van der Waals surface area contributed by atoms with Crippen LogP contribution in [0.3, 0.4) is 0 Å². The van der Waals surface area contributed by atoms with Gasteiger partial charge < -0.3 is 24.7 Å². The Morgan fingerprint density at radius 1 is 0.737 bits per heavy atom. The van der Waals surface area contributed by atoms with Gasteiger partial charge in [0.05, 0.1) is 39.6 Å². The molecule has 0 saturated heterocycles. The molecule has 0 aliphatic heterocycles. The van der Waals surface area contributed by atoms with Crippen molar-refractivity contribution in [2.24, 2.45) is 5.73 Å². The van der Waals surface area contributed by atoms with E-state index in [1.54, 1.807) is 14.2 Å². The minimum atomic E-state index is 0.615. The standard InChI is InChI=1S/C13H30N2O4/c1-16-8-6-15(5-3-4-14)7-9-18-12-13-19-11-10-17-2/h3-14H2,1-2H3. The van der Waals surface area contributed by atoms with Gasteiger partial charge >= 0.3 is 0 Å². The van der Waals surface area contributed by atoms with E-state index in [1.165, 1.54) is 0 Å². The molecule has 0 bridgehead atoms. The highest BCUT2D eigenvalue weighted by molar-refractivity contribution is 4.57. The molecule has 19 heavy (non-hydrogen) atoms. The number of rotatable bonds is 15. The summed E-state index contributed by atoms with van der Waals surface area (Å²) in [6, 6.07) is 0. The summed E-state index contributed by atoms with van der Waals surface area (Å²) >= 11 is 0. The minimum absolute atomic E-state index is 0.615. The zero-order chi connectivity index (χ0) is 14.2. The Kier molecular flexibility index (Phi) is 15.6. The third kappa shape index (κ3) is 14.0. The maximum atomic E-state index is 5.52. The Hall–Kier alpha value is -0.240. The molecule has 0 aliphatic rings. The fourth-order valence-electron chi connectivity index (χ4n) is 1.53. The van der Waals surface area contributed by atoms with Gasteiger partial charge in [0.2, 0.25) is 0 Å². The van der Waals surface area contributed by atoms with E-state index in [2.05, 4.69) is 4.90 Å². The largest absolute Gasteiger partial charge is 0.383 e. The Balaban J connectivity index is 3.40. The smallest absolute Gasteiger partial charge is 0.0701 e. The van der Waals surface area contributed by atoms with Gasteiger partial charge in [0.15, 0.2) is 0 Å². The molecule has 0 spiro atoms.